The minimum absolute atomic E-state index is 0.00969. The first-order valence-electron chi connectivity index (χ1n) is 11.6. The van der Waals surface area contributed by atoms with Gasteiger partial charge in [0.1, 0.15) is 17.5 Å². The van der Waals surface area contributed by atoms with Crippen LogP contribution in [0.3, 0.4) is 0 Å². The van der Waals surface area contributed by atoms with Gasteiger partial charge in [-0.3, -0.25) is 4.79 Å². The highest BCUT2D eigenvalue weighted by molar-refractivity contribution is 5.79. The Morgan fingerprint density at radius 2 is 1.65 bits per heavy atom. The molecule has 0 saturated carbocycles. The molecule has 1 saturated heterocycles. The van der Waals surface area contributed by atoms with Crippen LogP contribution in [-0.2, 0) is 10.2 Å². The molecule has 0 aliphatic carbocycles. The number of aliphatic hydroxyl groups is 1. The molecule has 1 aliphatic rings. The van der Waals surface area contributed by atoms with E-state index in [-0.39, 0.29) is 30.8 Å². The Labute approximate surface area is 197 Å². The van der Waals surface area contributed by atoms with Crippen molar-refractivity contribution in [1.29, 1.82) is 0 Å². The number of amides is 1. The van der Waals surface area contributed by atoms with Gasteiger partial charge < -0.3 is 10.0 Å². The average molecular weight is 468 g/mol. The van der Waals surface area contributed by atoms with Crippen molar-refractivity contribution in [2.24, 2.45) is 0 Å². The number of aliphatic hydroxyl groups excluding tert-OH is 1. The molecule has 3 nitrogen and oxygen atoms in total. The van der Waals surface area contributed by atoms with Crippen molar-refractivity contribution in [1.82, 2.24) is 4.90 Å². The van der Waals surface area contributed by atoms with Crippen molar-refractivity contribution < 1.29 is 23.1 Å². The number of piperidine rings is 1. The van der Waals surface area contributed by atoms with E-state index in [1.54, 1.807) is 24.3 Å². The zero-order valence-corrected chi connectivity index (χ0v) is 19.1. The topological polar surface area (TPSA) is 40.5 Å². The molecule has 3 aromatic carbocycles. The SMILES string of the molecule is CC[C@@H](c1ccc(-c2ccc(F)cc2F)cc1)N1CC[C@](CCO)(c2ccc(F)cc2)CC1=O. The maximum absolute atomic E-state index is 14.2. The van der Waals surface area contributed by atoms with Gasteiger partial charge in [0.05, 0.1) is 6.04 Å². The Balaban J connectivity index is 1.55. The van der Waals surface area contributed by atoms with Gasteiger partial charge in [-0.05, 0) is 60.2 Å². The van der Waals surface area contributed by atoms with E-state index in [1.165, 1.54) is 24.3 Å². The molecule has 1 heterocycles. The lowest BCUT2D eigenvalue weighted by Crippen LogP contribution is -2.48. The van der Waals surface area contributed by atoms with Gasteiger partial charge in [-0.15, -0.1) is 0 Å². The minimum atomic E-state index is -0.620. The number of nitrogens with zero attached hydrogens (tertiary/aromatic N) is 1. The fourth-order valence-corrected chi connectivity index (χ4v) is 5.13. The van der Waals surface area contributed by atoms with Crippen LogP contribution in [-0.4, -0.2) is 29.1 Å². The summed E-state index contributed by atoms with van der Waals surface area (Å²) in [5.74, 6) is -1.58. The van der Waals surface area contributed by atoms with Crippen molar-refractivity contribution in [3.63, 3.8) is 0 Å². The summed E-state index contributed by atoms with van der Waals surface area (Å²) in [6, 6.07) is 16.9. The molecule has 0 unspecified atom stereocenters. The van der Waals surface area contributed by atoms with E-state index in [0.29, 0.717) is 36.9 Å². The van der Waals surface area contributed by atoms with E-state index in [4.69, 9.17) is 0 Å². The van der Waals surface area contributed by atoms with Crippen LogP contribution in [0.25, 0.3) is 11.1 Å². The van der Waals surface area contributed by atoms with E-state index >= 15 is 0 Å². The number of likely N-dealkylation sites (tertiary alicyclic amines) is 1. The lowest BCUT2D eigenvalue weighted by molar-refractivity contribution is -0.139. The Kier molecular flexibility index (Phi) is 7.08. The van der Waals surface area contributed by atoms with Crippen LogP contribution in [0, 0.1) is 17.5 Å². The van der Waals surface area contributed by atoms with Crippen molar-refractivity contribution in [2.75, 3.05) is 13.2 Å². The van der Waals surface area contributed by atoms with Gasteiger partial charge in [0.15, 0.2) is 0 Å². The number of carbonyl (C=O) groups is 1. The summed E-state index contributed by atoms with van der Waals surface area (Å²) < 4.78 is 40.9. The third-order valence-corrected chi connectivity index (χ3v) is 6.99. The first-order valence-corrected chi connectivity index (χ1v) is 11.6. The van der Waals surface area contributed by atoms with Crippen LogP contribution in [0.4, 0.5) is 13.2 Å². The number of rotatable bonds is 7. The van der Waals surface area contributed by atoms with E-state index in [2.05, 4.69) is 0 Å². The van der Waals surface area contributed by atoms with Crippen LogP contribution in [0.1, 0.15) is 49.8 Å². The molecular formula is C28H28F3NO2. The highest BCUT2D eigenvalue weighted by Crippen LogP contribution is 2.42. The third kappa shape index (κ3) is 4.73. The van der Waals surface area contributed by atoms with Gasteiger partial charge in [-0.2, -0.15) is 0 Å². The molecule has 1 amide bonds. The summed E-state index contributed by atoms with van der Waals surface area (Å²) >= 11 is 0. The van der Waals surface area contributed by atoms with Gasteiger partial charge in [0, 0.05) is 36.6 Å². The second kappa shape index (κ2) is 10.0. The van der Waals surface area contributed by atoms with E-state index in [0.717, 1.165) is 17.2 Å². The summed E-state index contributed by atoms with van der Waals surface area (Å²) in [7, 11) is 0. The molecule has 0 bridgehead atoms. The summed E-state index contributed by atoms with van der Waals surface area (Å²) in [5, 5.41) is 9.69. The molecule has 1 N–H and O–H groups in total. The van der Waals surface area contributed by atoms with Crippen molar-refractivity contribution in [3.05, 3.63) is 95.3 Å². The van der Waals surface area contributed by atoms with Crippen LogP contribution < -0.4 is 0 Å². The van der Waals surface area contributed by atoms with Gasteiger partial charge in [0.25, 0.3) is 0 Å². The van der Waals surface area contributed by atoms with Gasteiger partial charge >= 0.3 is 0 Å². The Morgan fingerprint density at radius 3 is 2.24 bits per heavy atom. The molecule has 2 atom stereocenters. The van der Waals surface area contributed by atoms with Crippen LogP contribution >= 0.6 is 0 Å². The number of halogens is 3. The maximum Gasteiger partial charge on any atom is 0.223 e. The van der Waals surface area contributed by atoms with Crippen molar-refractivity contribution >= 4 is 5.91 Å². The summed E-state index contributed by atoms with van der Waals surface area (Å²) in [4.78, 5) is 15.2. The highest BCUT2D eigenvalue weighted by Gasteiger charge is 2.41. The van der Waals surface area contributed by atoms with Gasteiger partial charge in [0.2, 0.25) is 5.91 Å². The zero-order chi connectivity index (χ0) is 24.3. The fraction of sp³-hybridized carbons (Fsp3) is 0.321. The summed E-state index contributed by atoms with van der Waals surface area (Å²) in [6.45, 7) is 2.48. The quantitative estimate of drug-likeness (QED) is 0.452. The molecule has 0 aromatic heterocycles. The number of hydrogen-bond acceptors (Lipinski definition) is 2. The van der Waals surface area contributed by atoms with Crippen molar-refractivity contribution in [2.45, 2.75) is 44.1 Å². The van der Waals surface area contributed by atoms with Crippen LogP contribution in [0.5, 0.6) is 0 Å². The lowest BCUT2D eigenvalue weighted by Gasteiger charge is -2.44. The smallest absolute Gasteiger partial charge is 0.223 e. The highest BCUT2D eigenvalue weighted by atomic mass is 19.1. The molecule has 0 spiro atoms. The monoisotopic (exact) mass is 467 g/mol. The molecule has 0 radical (unpaired) electrons. The van der Waals surface area contributed by atoms with Gasteiger partial charge in [-0.1, -0.05) is 43.3 Å². The van der Waals surface area contributed by atoms with E-state index in [9.17, 15) is 23.1 Å². The van der Waals surface area contributed by atoms with Crippen LogP contribution in [0.15, 0.2) is 66.7 Å². The third-order valence-electron chi connectivity index (χ3n) is 6.99. The largest absolute Gasteiger partial charge is 0.396 e. The molecular weight excluding hydrogens is 439 g/mol. The second-order valence-corrected chi connectivity index (χ2v) is 8.94. The molecule has 4 rings (SSSR count). The summed E-state index contributed by atoms with van der Waals surface area (Å²) in [6.07, 6.45) is 2.06. The number of hydrogen-bond donors (Lipinski definition) is 1. The zero-order valence-electron chi connectivity index (χ0n) is 19.1. The molecule has 1 aliphatic heterocycles. The average Bonchev–Trinajstić information content (AvgIpc) is 2.82. The predicted octanol–water partition coefficient (Wildman–Crippen LogP) is 6.16. The molecule has 1 fully saturated rings. The van der Waals surface area contributed by atoms with E-state index in [1.807, 2.05) is 24.0 Å². The number of benzene rings is 3. The first kappa shape index (κ1) is 24.0. The first-order chi connectivity index (χ1) is 16.4. The normalized spacial score (nSPS) is 19.3. The maximum atomic E-state index is 14.2. The van der Waals surface area contributed by atoms with Crippen LogP contribution in [0.2, 0.25) is 0 Å². The molecule has 34 heavy (non-hydrogen) atoms. The van der Waals surface area contributed by atoms with E-state index < -0.39 is 17.0 Å². The minimum Gasteiger partial charge on any atom is -0.396 e. The second-order valence-electron chi connectivity index (χ2n) is 8.94. The lowest BCUT2D eigenvalue weighted by atomic mass is 9.70. The Hall–Kier alpha value is -3.12. The predicted molar refractivity (Wildman–Crippen MR) is 126 cm³/mol. The van der Waals surface area contributed by atoms with Crippen molar-refractivity contribution in [3.8, 4) is 11.1 Å². The molecule has 6 heteroatoms. The molecule has 3 aromatic rings. The fourth-order valence-electron chi connectivity index (χ4n) is 5.13. The summed E-state index contributed by atoms with van der Waals surface area (Å²) in [5.41, 5.74) is 2.26. The van der Waals surface area contributed by atoms with Gasteiger partial charge in [-0.25, -0.2) is 13.2 Å². The Bertz CT molecular complexity index is 1150. The Morgan fingerprint density at radius 1 is 0.971 bits per heavy atom. The standard InChI is InChI=1S/C28H28F3NO2/c1-2-26(20-5-3-19(4-6-20)24-12-11-23(30)17-25(24)31)32-15-13-28(14-16-33,18-27(32)34)21-7-9-22(29)10-8-21/h3-12,17,26,33H,2,13-16,18H2,1H3/t26-,28+/m0/s1. The molecule has 178 valence electrons. The number of carbonyl (C=O) groups excluding carboxylic acids is 1.